The quantitative estimate of drug-likeness (QED) is 0.334. The maximum absolute atomic E-state index is 6.98. The average Bonchev–Trinajstić information content (AvgIpc) is 2.95. The fraction of sp³-hybridized carbons (Fsp3) is 0.786. The molecule has 0 aliphatic heterocycles. The van der Waals surface area contributed by atoms with E-state index < -0.39 is 25.0 Å². The Morgan fingerprint density at radius 2 is 1.49 bits per heavy atom. The van der Waals surface area contributed by atoms with Gasteiger partial charge in [0.2, 0.25) is 8.32 Å². The second-order valence-corrected chi connectivity index (χ2v) is 27.9. The minimum absolute atomic E-state index is 0.203. The summed E-state index contributed by atoms with van der Waals surface area (Å²) >= 11 is 0. The van der Waals surface area contributed by atoms with Crippen LogP contribution in [0.4, 0.5) is 0 Å². The molecule has 1 aromatic carbocycles. The van der Waals surface area contributed by atoms with Crippen LogP contribution in [0.3, 0.4) is 0 Å². The molecule has 3 aliphatic rings. The third kappa shape index (κ3) is 5.79. The number of rotatable bonds is 7. The predicted molar refractivity (Wildman–Crippen MR) is 153 cm³/mol. The molecule has 6 atom stereocenters. The van der Waals surface area contributed by atoms with Crippen LogP contribution in [0, 0.1) is 17.3 Å². The van der Waals surface area contributed by atoms with Gasteiger partial charge in [0.25, 0.3) is 0 Å². The van der Waals surface area contributed by atoms with Crippen molar-refractivity contribution in [3.63, 3.8) is 0 Å². The van der Waals surface area contributed by atoms with Crippen molar-refractivity contribution < 1.29 is 18.0 Å². The molecular weight excluding hydrogens is 485 g/mol. The van der Waals surface area contributed by atoms with Gasteiger partial charge in [0, 0.05) is 0 Å². The lowest BCUT2D eigenvalue weighted by atomic mass is 9.55. The molecule has 0 aromatic heterocycles. The highest BCUT2D eigenvalue weighted by Gasteiger charge is 2.60. The van der Waals surface area contributed by atoms with E-state index >= 15 is 0 Å². The number of fused-ring (bicyclic) bond motifs is 5. The van der Waals surface area contributed by atoms with Gasteiger partial charge in [-0.15, -0.1) is 0 Å². The molecule has 1 aromatic rings. The summed E-state index contributed by atoms with van der Waals surface area (Å²) in [6, 6.07) is 4.63. The summed E-state index contributed by atoms with van der Waals surface area (Å²) < 4.78 is 26.1. The van der Waals surface area contributed by atoms with Crippen LogP contribution in [0.1, 0.15) is 49.7 Å². The summed E-state index contributed by atoms with van der Waals surface area (Å²) in [5.41, 5.74) is 3.20. The normalized spacial score (nSPS) is 33.1. The van der Waals surface area contributed by atoms with E-state index in [0.29, 0.717) is 17.8 Å². The van der Waals surface area contributed by atoms with Gasteiger partial charge in [0.05, 0.1) is 19.3 Å². The van der Waals surface area contributed by atoms with Crippen molar-refractivity contribution >= 4 is 25.0 Å². The van der Waals surface area contributed by atoms with E-state index in [-0.39, 0.29) is 17.6 Å². The van der Waals surface area contributed by atoms with Crippen molar-refractivity contribution in [1.29, 1.82) is 0 Å². The zero-order valence-electron chi connectivity index (χ0n) is 24.2. The van der Waals surface area contributed by atoms with Crippen LogP contribution in [-0.2, 0) is 15.3 Å². The molecule has 0 bridgehead atoms. The zero-order chi connectivity index (χ0) is 26.0. The third-order valence-electron chi connectivity index (χ3n) is 8.32. The largest absolute Gasteiger partial charge is 0.542 e. The van der Waals surface area contributed by atoms with E-state index in [0.717, 1.165) is 24.3 Å². The number of hydrogen-bond donors (Lipinski definition) is 0. The smallest absolute Gasteiger partial charge is 0.242 e. The lowest BCUT2D eigenvalue weighted by molar-refractivity contribution is -0.0363. The summed E-state index contributed by atoms with van der Waals surface area (Å²) in [6.07, 6.45) is 6.47. The van der Waals surface area contributed by atoms with E-state index in [1.807, 2.05) is 0 Å². The van der Waals surface area contributed by atoms with Crippen molar-refractivity contribution in [3.8, 4) is 11.5 Å². The molecule has 0 heterocycles. The van der Waals surface area contributed by atoms with Crippen LogP contribution in [0.15, 0.2) is 12.1 Å². The molecule has 4 rings (SSSR count). The van der Waals surface area contributed by atoms with Gasteiger partial charge in [0.15, 0.2) is 22.4 Å². The van der Waals surface area contributed by atoms with E-state index in [2.05, 4.69) is 78.0 Å². The number of ether oxygens (including phenoxy) is 1. The molecule has 0 saturated heterocycles. The zero-order valence-corrected chi connectivity index (χ0v) is 27.2. The van der Waals surface area contributed by atoms with Gasteiger partial charge in [-0.3, -0.25) is 0 Å². The Labute approximate surface area is 217 Å². The van der Waals surface area contributed by atoms with Crippen molar-refractivity contribution in [2.45, 2.75) is 116 Å². The Morgan fingerprint density at radius 3 is 2.06 bits per heavy atom. The number of methoxy groups -OCH3 is 1. The molecule has 6 unspecified atom stereocenters. The molecule has 4 nitrogen and oxygen atoms in total. The predicted octanol–water partition coefficient (Wildman–Crippen LogP) is 7.82. The SMILES string of the molecule is COc1cc2c(cc1O[Si](C)(C)C)CCC1C2CCC2(C)C1CC(O[Si](C)(C)C)C2O[Si](C)(C)C. The maximum Gasteiger partial charge on any atom is 0.242 e. The van der Waals surface area contributed by atoms with Gasteiger partial charge in [0.1, 0.15) is 5.75 Å². The molecule has 35 heavy (non-hydrogen) atoms. The first kappa shape index (κ1) is 27.4. The van der Waals surface area contributed by atoms with Gasteiger partial charge >= 0.3 is 0 Å². The minimum atomic E-state index is -1.71. The number of hydrogen-bond acceptors (Lipinski definition) is 4. The molecule has 2 saturated carbocycles. The van der Waals surface area contributed by atoms with Crippen LogP contribution in [0.5, 0.6) is 11.5 Å². The molecule has 198 valence electrons. The first-order valence-corrected chi connectivity index (χ1v) is 24.0. The van der Waals surface area contributed by atoms with E-state index in [1.165, 1.54) is 30.4 Å². The molecule has 3 aliphatic carbocycles. The van der Waals surface area contributed by atoms with Crippen LogP contribution >= 0.6 is 0 Å². The van der Waals surface area contributed by atoms with Crippen LogP contribution in [0.2, 0.25) is 58.9 Å². The summed E-state index contributed by atoms with van der Waals surface area (Å²) in [7, 11) is -3.29. The molecule has 0 spiro atoms. The summed E-state index contributed by atoms with van der Waals surface area (Å²) in [5.74, 6) is 3.80. The fourth-order valence-electron chi connectivity index (χ4n) is 7.25. The van der Waals surface area contributed by atoms with Gasteiger partial charge in [-0.1, -0.05) is 6.92 Å². The Hall–Kier alpha value is -0.609. The van der Waals surface area contributed by atoms with Gasteiger partial charge in [-0.05, 0) is 137 Å². The van der Waals surface area contributed by atoms with E-state index in [9.17, 15) is 0 Å². The fourth-order valence-corrected chi connectivity index (χ4v) is 10.4. The topological polar surface area (TPSA) is 36.9 Å². The van der Waals surface area contributed by atoms with Crippen LogP contribution < -0.4 is 9.16 Å². The Bertz CT molecular complexity index is 930. The standard InChI is InChI=1S/C28H50O4Si3/c1-28-15-14-20-21(23(28)18-26(31-34(6,7)8)27(28)32-35(9,10)11)13-12-19-16-25(30-33(3,4)5)24(29-2)17-22(19)20/h16-17,20-21,23,26-27H,12-15,18H2,1-11H3. The van der Waals surface area contributed by atoms with Gasteiger partial charge in [-0.2, -0.15) is 0 Å². The van der Waals surface area contributed by atoms with Crippen molar-refractivity contribution in [2.24, 2.45) is 17.3 Å². The molecular formula is C28H50O4Si3. The van der Waals surface area contributed by atoms with Crippen molar-refractivity contribution in [2.75, 3.05) is 7.11 Å². The second-order valence-electron chi connectivity index (χ2n) is 14.5. The number of aryl methyl sites for hydroxylation is 1. The first-order chi connectivity index (χ1) is 16.0. The maximum atomic E-state index is 6.98. The molecule has 0 N–H and O–H groups in total. The Balaban J connectivity index is 1.67. The average molecular weight is 535 g/mol. The van der Waals surface area contributed by atoms with Gasteiger partial charge in [-0.25, -0.2) is 0 Å². The molecule has 7 heteroatoms. The lowest BCUT2D eigenvalue weighted by Gasteiger charge is -2.51. The summed E-state index contributed by atoms with van der Waals surface area (Å²) in [6.45, 7) is 23.2. The van der Waals surface area contributed by atoms with Crippen molar-refractivity contribution in [1.82, 2.24) is 0 Å². The van der Waals surface area contributed by atoms with E-state index in [4.69, 9.17) is 18.0 Å². The van der Waals surface area contributed by atoms with Crippen LogP contribution in [0.25, 0.3) is 0 Å². The second kappa shape index (κ2) is 9.30. The third-order valence-corrected chi connectivity index (χ3v) is 11.1. The monoisotopic (exact) mass is 534 g/mol. The molecule has 0 amide bonds. The summed E-state index contributed by atoms with van der Waals surface area (Å²) in [4.78, 5) is 0. The minimum Gasteiger partial charge on any atom is -0.542 e. The lowest BCUT2D eigenvalue weighted by Crippen LogP contribution is -2.50. The highest BCUT2D eigenvalue weighted by Crippen LogP contribution is 2.63. The highest BCUT2D eigenvalue weighted by molar-refractivity contribution is 6.70. The first-order valence-electron chi connectivity index (χ1n) is 13.8. The Morgan fingerprint density at radius 1 is 0.829 bits per heavy atom. The molecule has 0 radical (unpaired) electrons. The van der Waals surface area contributed by atoms with Crippen molar-refractivity contribution in [3.05, 3.63) is 23.3 Å². The van der Waals surface area contributed by atoms with Gasteiger partial charge < -0.3 is 18.0 Å². The number of benzene rings is 1. The van der Waals surface area contributed by atoms with E-state index in [1.54, 1.807) is 7.11 Å². The highest BCUT2D eigenvalue weighted by atomic mass is 28.4. The Kier molecular flexibility index (Phi) is 7.28. The summed E-state index contributed by atoms with van der Waals surface area (Å²) in [5, 5.41) is 0. The van der Waals surface area contributed by atoms with Crippen LogP contribution in [-0.4, -0.2) is 44.3 Å². The molecule has 2 fully saturated rings.